The number of aromatic nitrogens is 4. The van der Waals surface area contributed by atoms with Gasteiger partial charge in [-0.25, -0.2) is 9.71 Å². The van der Waals surface area contributed by atoms with E-state index in [1.165, 1.54) is 6.08 Å². The minimum absolute atomic E-state index is 0.343. The molecule has 30 heavy (non-hydrogen) atoms. The molecule has 3 aromatic rings. The third-order valence-corrected chi connectivity index (χ3v) is 6.08. The Balaban J connectivity index is 1.59. The molecule has 0 radical (unpaired) electrons. The van der Waals surface area contributed by atoms with Crippen molar-refractivity contribution >= 4 is 44.8 Å². The van der Waals surface area contributed by atoms with E-state index in [0.717, 1.165) is 18.2 Å². The number of carbonyl (C=O) groups excluding carboxylic acids is 1. The smallest absolute Gasteiger partial charge is 0.285 e. The highest BCUT2D eigenvalue weighted by molar-refractivity contribution is 7.88. The molecule has 0 atom stereocenters. The maximum atomic E-state index is 12.2. The number of nitrogens with one attached hydrogen (secondary N) is 2. The lowest BCUT2D eigenvalue weighted by molar-refractivity contribution is -0.114. The molecule has 4 rings (SSSR count). The van der Waals surface area contributed by atoms with Crippen LogP contribution in [0.1, 0.15) is 24.1 Å². The van der Waals surface area contributed by atoms with Crippen molar-refractivity contribution in [3.8, 4) is 5.82 Å². The maximum absolute atomic E-state index is 12.2. The van der Waals surface area contributed by atoms with Gasteiger partial charge < -0.3 is 0 Å². The number of hydrogen-bond acceptors (Lipinski definition) is 5. The Morgan fingerprint density at radius 2 is 2.17 bits per heavy atom. The second-order valence-corrected chi connectivity index (χ2v) is 9.23. The van der Waals surface area contributed by atoms with Gasteiger partial charge in [-0.05, 0) is 43.9 Å². The third-order valence-electron chi connectivity index (χ3n) is 4.85. The third kappa shape index (κ3) is 4.40. The van der Waals surface area contributed by atoms with E-state index >= 15 is 0 Å². The van der Waals surface area contributed by atoms with Crippen molar-refractivity contribution in [3.05, 3.63) is 46.9 Å². The molecule has 0 aliphatic heterocycles. The van der Waals surface area contributed by atoms with Gasteiger partial charge in [0.05, 0.1) is 10.7 Å². The average molecular weight is 449 g/mol. The van der Waals surface area contributed by atoms with Gasteiger partial charge in [0.2, 0.25) is 0 Å². The predicted octanol–water partition coefficient (Wildman–Crippen LogP) is 2.09. The summed E-state index contributed by atoms with van der Waals surface area (Å²) in [5.41, 5.74) is 2.04. The number of pyridine rings is 1. The van der Waals surface area contributed by atoms with E-state index in [1.807, 2.05) is 34.5 Å². The van der Waals surface area contributed by atoms with Crippen LogP contribution in [0.5, 0.6) is 0 Å². The van der Waals surface area contributed by atoms with Crippen molar-refractivity contribution in [1.29, 1.82) is 0 Å². The lowest BCUT2D eigenvalue weighted by Gasteiger charge is -2.08. The fourth-order valence-corrected chi connectivity index (χ4v) is 4.25. The van der Waals surface area contributed by atoms with Crippen molar-refractivity contribution in [2.45, 2.75) is 19.8 Å². The first-order valence-corrected chi connectivity index (χ1v) is 11.3. The lowest BCUT2D eigenvalue weighted by atomic mass is 10.2. The molecule has 0 bridgehead atoms. The molecule has 0 saturated heterocycles. The van der Waals surface area contributed by atoms with E-state index in [1.54, 1.807) is 24.0 Å². The Kier molecular flexibility index (Phi) is 5.39. The molecule has 1 amide bonds. The lowest BCUT2D eigenvalue weighted by Crippen LogP contribution is -2.40. The zero-order valence-electron chi connectivity index (χ0n) is 16.5. The van der Waals surface area contributed by atoms with Crippen LogP contribution in [0.25, 0.3) is 22.9 Å². The summed E-state index contributed by atoms with van der Waals surface area (Å²) in [7, 11) is -2.10. The van der Waals surface area contributed by atoms with Crippen LogP contribution < -0.4 is 9.44 Å². The SMILES string of the molecule is Cc1nn(C)c(-n2ccc3cc(Cl)cnc32)c1C=CC(=O)NS(=O)(=O)NCC1CC1. The summed E-state index contributed by atoms with van der Waals surface area (Å²) in [6.07, 6.45) is 8.15. The number of rotatable bonds is 7. The molecule has 1 fully saturated rings. The van der Waals surface area contributed by atoms with Gasteiger partial charge in [0.1, 0.15) is 11.5 Å². The molecular weight excluding hydrogens is 428 g/mol. The van der Waals surface area contributed by atoms with Crippen molar-refractivity contribution in [2.24, 2.45) is 13.0 Å². The molecule has 158 valence electrons. The normalized spacial score (nSPS) is 14.6. The van der Waals surface area contributed by atoms with Gasteiger partial charge in [-0.2, -0.15) is 18.2 Å². The first-order chi connectivity index (χ1) is 14.2. The summed E-state index contributed by atoms with van der Waals surface area (Å²) in [6.45, 7) is 2.15. The number of aryl methyl sites for hydroxylation is 2. The zero-order chi connectivity index (χ0) is 21.5. The van der Waals surface area contributed by atoms with Gasteiger partial charge in [-0.3, -0.25) is 14.0 Å². The van der Waals surface area contributed by atoms with Crippen molar-refractivity contribution < 1.29 is 13.2 Å². The molecule has 1 aliphatic rings. The van der Waals surface area contributed by atoms with Gasteiger partial charge in [0, 0.05) is 43.0 Å². The van der Waals surface area contributed by atoms with E-state index in [4.69, 9.17) is 11.6 Å². The Hall–Kier alpha value is -2.69. The Morgan fingerprint density at radius 3 is 2.90 bits per heavy atom. The van der Waals surface area contributed by atoms with Gasteiger partial charge in [-0.1, -0.05) is 11.6 Å². The number of hydrogen-bond donors (Lipinski definition) is 2. The molecule has 2 N–H and O–H groups in total. The summed E-state index contributed by atoms with van der Waals surface area (Å²) in [6, 6.07) is 3.70. The molecule has 9 nitrogen and oxygen atoms in total. The summed E-state index contributed by atoms with van der Waals surface area (Å²) in [5, 5.41) is 5.83. The molecule has 3 aromatic heterocycles. The maximum Gasteiger partial charge on any atom is 0.301 e. The Morgan fingerprint density at radius 1 is 1.40 bits per heavy atom. The van der Waals surface area contributed by atoms with E-state index in [9.17, 15) is 13.2 Å². The van der Waals surface area contributed by atoms with Crippen LogP contribution in [-0.2, 0) is 22.1 Å². The summed E-state index contributed by atoms with van der Waals surface area (Å²) in [4.78, 5) is 16.6. The van der Waals surface area contributed by atoms with Crippen LogP contribution in [0.2, 0.25) is 5.02 Å². The molecule has 11 heteroatoms. The molecule has 0 unspecified atom stereocenters. The summed E-state index contributed by atoms with van der Waals surface area (Å²) in [5.74, 6) is 0.318. The number of halogens is 1. The van der Waals surface area contributed by atoms with Crippen molar-refractivity contribution in [1.82, 2.24) is 28.8 Å². The quantitative estimate of drug-likeness (QED) is 0.537. The van der Waals surface area contributed by atoms with E-state index < -0.39 is 16.1 Å². The van der Waals surface area contributed by atoms with E-state index in [-0.39, 0.29) is 0 Å². The largest absolute Gasteiger partial charge is 0.301 e. The molecule has 0 spiro atoms. The number of carbonyl (C=O) groups is 1. The number of nitrogens with zero attached hydrogens (tertiary/aromatic N) is 4. The fraction of sp³-hybridized carbons (Fsp3) is 0.316. The highest BCUT2D eigenvalue weighted by Crippen LogP contribution is 2.28. The second-order valence-electron chi connectivity index (χ2n) is 7.29. The van der Waals surface area contributed by atoms with Crippen LogP contribution in [0.15, 0.2) is 30.6 Å². The standard InChI is InChI=1S/C19H21ClN6O3S/c1-12-16(5-6-17(27)24-30(28,29)22-10-13-3-4-13)19(25(2)23-12)26-8-7-14-9-15(20)11-21-18(14)26/h5-9,11,13,22H,3-4,10H2,1-2H3,(H,24,27). The molecule has 1 saturated carbocycles. The van der Waals surface area contributed by atoms with Gasteiger partial charge >= 0.3 is 10.2 Å². The molecule has 1 aliphatic carbocycles. The van der Waals surface area contributed by atoms with Crippen LogP contribution in [0, 0.1) is 12.8 Å². The topological polar surface area (TPSA) is 111 Å². The second kappa shape index (κ2) is 7.86. The van der Waals surface area contributed by atoms with Crippen molar-refractivity contribution in [3.63, 3.8) is 0 Å². The molecule has 3 heterocycles. The first-order valence-electron chi connectivity index (χ1n) is 9.39. The fourth-order valence-electron chi connectivity index (χ4n) is 3.22. The Labute approximate surface area is 178 Å². The number of fused-ring (bicyclic) bond motifs is 1. The number of amides is 1. The summed E-state index contributed by atoms with van der Waals surface area (Å²) < 4.78 is 31.8. The van der Waals surface area contributed by atoms with Crippen molar-refractivity contribution in [2.75, 3.05) is 6.54 Å². The summed E-state index contributed by atoms with van der Waals surface area (Å²) >= 11 is 6.02. The zero-order valence-corrected chi connectivity index (χ0v) is 18.0. The predicted molar refractivity (Wildman–Crippen MR) is 114 cm³/mol. The minimum atomic E-state index is -3.88. The minimum Gasteiger partial charge on any atom is -0.285 e. The Bertz CT molecular complexity index is 1260. The van der Waals surface area contributed by atoms with Crippen LogP contribution in [0.4, 0.5) is 0 Å². The monoisotopic (exact) mass is 448 g/mol. The first kappa shape index (κ1) is 20.6. The molecule has 0 aromatic carbocycles. The van der Waals surface area contributed by atoms with Crippen LogP contribution in [-0.4, -0.2) is 40.2 Å². The molecular formula is C19H21ClN6O3S. The van der Waals surface area contributed by atoms with Gasteiger partial charge in [0.25, 0.3) is 5.91 Å². The van der Waals surface area contributed by atoms with Gasteiger partial charge in [-0.15, -0.1) is 0 Å². The van der Waals surface area contributed by atoms with Gasteiger partial charge in [0.15, 0.2) is 0 Å². The highest BCUT2D eigenvalue weighted by atomic mass is 35.5. The van der Waals surface area contributed by atoms with E-state index in [2.05, 4.69) is 14.8 Å². The van der Waals surface area contributed by atoms with Crippen LogP contribution in [0.3, 0.4) is 0 Å². The van der Waals surface area contributed by atoms with Crippen LogP contribution >= 0.6 is 11.6 Å². The van der Waals surface area contributed by atoms with E-state index in [0.29, 0.717) is 40.2 Å². The highest BCUT2D eigenvalue weighted by Gasteiger charge is 2.24. The average Bonchev–Trinajstić information content (AvgIpc) is 3.35.